The van der Waals surface area contributed by atoms with Gasteiger partial charge in [-0.3, -0.25) is 4.79 Å². The maximum atomic E-state index is 11.7. The summed E-state index contributed by atoms with van der Waals surface area (Å²) in [6.45, 7) is 5.67. The lowest BCUT2D eigenvalue weighted by atomic mass is 9.83. The second-order valence-corrected chi connectivity index (χ2v) is 4.43. The Balaban J connectivity index is 2.19. The van der Waals surface area contributed by atoms with Gasteiger partial charge in [0, 0.05) is 12.5 Å². The summed E-state index contributed by atoms with van der Waals surface area (Å²) < 4.78 is 5.25. The Labute approximate surface area is 79.0 Å². The van der Waals surface area contributed by atoms with Crippen molar-refractivity contribution in [1.82, 2.24) is 4.90 Å². The third kappa shape index (κ3) is 1.26. The van der Waals surface area contributed by atoms with Crippen molar-refractivity contribution in [2.24, 2.45) is 0 Å². The number of amides is 1. The summed E-state index contributed by atoms with van der Waals surface area (Å²) in [6, 6.07) is 0.316. The van der Waals surface area contributed by atoms with Crippen molar-refractivity contribution >= 4 is 5.91 Å². The van der Waals surface area contributed by atoms with Gasteiger partial charge in [-0.25, -0.2) is 0 Å². The van der Waals surface area contributed by atoms with Gasteiger partial charge in [0.05, 0.1) is 18.8 Å². The van der Waals surface area contributed by atoms with Gasteiger partial charge in [-0.15, -0.1) is 0 Å². The first kappa shape index (κ1) is 9.00. The highest BCUT2D eigenvalue weighted by Gasteiger charge is 2.49. The van der Waals surface area contributed by atoms with Crippen LogP contribution in [0.2, 0.25) is 0 Å². The number of carbonyl (C=O) groups is 1. The molecule has 1 amide bonds. The van der Waals surface area contributed by atoms with Crippen molar-refractivity contribution in [2.75, 3.05) is 13.2 Å². The summed E-state index contributed by atoms with van der Waals surface area (Å²) in [5.41, 5.74) is 0.0729. The molecule has 0 aromatic carbocycles. The second-order valence-electron chi connectivity index (χ2n) is 4.43. The van der Waals surface area contributed by atoms with E-state index >= 15 is 0 Å². The minimum atomic E-state index is 0.0729. The Morgan fingerprint density at radius 2 is 2.15 bits per heavy atom. The smallest absolute Gasteiger partial charge is 0.223 e. The van der Waals surface area contributed by atoms with Crippen LogP contribution in [0.15, 0.2) is 0 Å². The van der Waals surface area contributed by atoms with Gasteiger partial charge >= 0.3 is 0 Å². The number of nitrogens with zero attached hydrogens (tertiary/aromatic N) is 1. The lowest BCUT2D eigenvalue weighted by Crippen LogP contribution is -2.67. The largest absolute Gasteiger partial charge is 0.376 e. The molecule has 74 valence electrons. The molecule has 2 heterocycles. The van der Waals surface area contributed by atoms with Crippen LogP contribution in [0.4, 0.5) is 0 Å². The molecule has 0 saturated carbocycles. The van der Waals surface area contributed by atoms with E-state index in [0.29, 0.717) is 11.9 Å². The van der Waals surface area contributed by atoms with E-state index in [4.69, 9.17) is 4.74 Å². The van der Waals surface area contributed by atoms with E-state index in [1.54, 1.807) is 0 Å². The number of likely N-dealkylation sites (tertiary alicyclic amines) is 1. The van der Waals surface area contributed by atoms with Gasteiger partial charge in [-0.2, -0.15) is 0 Å². The van der Waals surface area contributed by atoms with Gasteiger partial charge in [-0.1, -0.05) is 0 Å². The molecule has 0 atom stereocenters. The molecule has 2 rings (SSSR count). The molecule has 1 spiro atoms. The zero-order valence-electron chi connectivity index (χ0n) is 8.38. The van der Waals surface area contributed by atoms with E-state index in [2.05, 4.69) is 13.8 Å². The summed E-state index contributed by atoms with van der Waals surface area (Å²) >= 11 is 0. The topological polar surface area (TPSA) is 29.5 Å². The average molecular weight is 183 g/mol. The van der Waals surface area contributed by atoms with Crippen molar-refractivity contribution in [3.63, 3.8) is 0 Å². The first-order valence-electron chi connectivity index (χ1n) is 5.06. The van der Waals surface area contributed by atoms with Gasteiger partial charge in [0.1, 0.15) is 0 Å². The molecule has 0 aromatic heterocycles. The van der Waals surface area contributed by atoms with E-state index in [9.17, 15) is 4.79 Å². The Hall–Kier alpha value is -0.570. The van der Waals surface area contributed by atoms with E-state index in [1.807, 2.05) is 4.90 Å². The van der Waals surface area contributed by atoms with Crippen LogP contribution in [0.3, 0.4) is 0 Å². The summed E-state index contributed by atoms with van der Waals surface area (Å²) in [4.78, 5) is 13.8. The van der Waals surface area contributed by atoms with Crippen LogP contribution in [0, 0.1) is 0 Å². The molecule has 0 N–H and O–H groups in total. The average Bonchev–Trinajstić information content (AvgIpc) is 2.00. The Bertz CT molecular complexity index is 221. The molecular formula is C10H17NO2. The maximum absolute atomic E-state index is 11.7. The van der Waals surface area contributed by atoms with Crippen molar-refractivity contribution < 1.29 is 9.53 Å². The van der Waals surface area contributed by atoms with Crippen LogP contribution in [-0.2, 0) is 9.53 Å². The lowest BCUT2D eigenvalue weighted by Gasteiger charge is -2.54. The molecule has 0 bridgehead atoms. The molecule has 0 aliphatic carbocycles. The number of hydrogen-bond acceptors (Lipinski definition) is 2. The molecule has 3 heteroatoms. The lowest BCUT2D eigenvalue weighted by molar-refractivity contribution is -0.183. The fourth-order valence-corrected chi connectivity index (χ4v) is 2.53. The van der Waals surface area contributed by atoms with Gasteiger partial charge < -0.3 is 9.64 Å². The molecule has 0 unspecified atom stereocenters. The monoisotopic (exact) mass is 183 g/mol. The third-order valence-corrected chi connectivity index (χ3v) is 3.07. The van der Waals surface area contributed by atoms with Crippen LogP contribution < -0.4 is 0 Å². The van der Waals surface area contributed by atoms with E-state index in [-0.39, 0.29) is 5.54 Å². The molecule has 0 aromatic rings. The molecule has 0 radical (unpaired) electrons. The minimum Gasteiger partial charge on any atom is -0.376 e. The SMILES string of the molecule is CC(C)N1C(=O)CCCC12COC2. The van der Waals surface area contributed by atoms with Crippen LogP contribution >= 0.6 is 0 Å². The summed E-state index contributed by atoms with van der Waals surface area (Å²) in [7, 11) is 0. The standard InChI is InChI=1S/C10H17NO2/c1-8(2)11-9(12)4-3-5-10(11)6-13-7-10/h8H,3-7H2,1-2H3. The van der Waals surface area contributed by atoms with Gasteiger partial charge in [-0.05, 0) is 26.7 Å². The zero-order chi connectivity index (χ0) is 9.47. The number of hydrogen-bond donors (Lipinski definition) is 0. The summed E-state index contributed by atoms with van der Waals surface area (Å²) in [5.74, 6) is 0.310. The Kier molecular flexibility index (Phi) is 2.06. The van der Waals surface area contributed by atoms with Crippen LogP contribution in [0.25, 0.3) is 0 Å². The molecular weight excluding hydrogens is 166 g/mol. The Morgan fingerprint density at radius 3 is 2.54 bits per heavy atom. The number of rotatable bonds is 1. The molecule has 2 aliphatic rings. The molecule has 13 heavy (non-hydrogen) atoms. The number of carbonyl (C=O) groups excluding carboxylic acids is 1. The second kappa shape index (κ2) is 2.98. The predicted molar refractivity (Wildman–Crippen MR) is 49.4 cm³/mol. The molecule has 2 aliphatic heterocycles. The van der Waals surface area contributed by atoms with Gasteiger partial charge in [0.25, 0.3) is 0 Å². The van der Waals surface area contributed by atoms with Gasteiger partial charge in [0.15, 0.2) is 0 Å². The van der Waals surface area contributed by atoms with Crippen LogP contribution in [-0.4, -0.2) is 35.6 Å². The summed E-state index contributed by atoms with van der Waals surface area (Å²) in [6.07, 6.45) is 2.88. The van der Waals surface area contributed by atoms with Crippen LogP contribution in [0.1, 0.15) is 33.1 Å². The highest BCUT2D eigenvalue weighted by Crippen LogP contribution is 2.36. The highest BCUT2D eigenvalue weighted by atomic mass is 16.5. The van der Waals surface area contributed by atoms with Crippen molar-refractivity contribution in [2.45, 2.75) is 44.7 Å². The predicted octanol–water partition coefficient (Wildman–Crippen LogP) is 1.18. The zero-order valence-corrected chi connectivity index (χ0v) is 8.38. The van der Waals surface area contributed by atoms with Crippen molar-refractivity contribution in [1.29, 1.82) is 0 Å². The first-order valence-corrected chi connectivity index (χ1v) is 5.06. The fourth-order valence-electron chi connectivity index (χ4n) is 2.53. The van der Waals surface area contributed by atoms with E-state index in [0.717, 1.165) is 32.5 Å². The van der Waals surface area contributed by atoms with Gasteiger partial charge in [0.2, 0.25) is 5.91 Å². The highest BCUT2D eigenvalue weighted by molar-refractivity contribution is 5.78. The van der Waals surface area contributed by atoms with Crippen molar-refractivity contribution in [3.8, 4) is 0 Å². The molecule has 2 saturated heterocycles. The minimum absolute atomic E-state index is 0.0729. The van der Waals surface area contributed by atoms with Crippen molar-refractivity contribution in [3.05, 3.63) is 0 Å². The number of ether oxygens (including phenoxy) is 1. The first-order chi connectivity index (χ1) is 6.16. The quantitative estimate of drug-likeness (QED) is 0.611. The van der Waals surface area contributed by atoms with E-state index < -0.39 is 0 Å². The fraction of sp³-hybridized carbons (Fsp3) is 0.900. The summed E-state index contributed by atoms with van der Waals surface area (Å²) in [5, 5.41) is 0. The number of piperidine rings is 1. The molecule has 2 fully saturated rings. The van der Waals surface area contributed by atoms with Crippen LogP contribution in [0.5, 0.6) is 0 Å². The molecule has 3 nitrogen and oxygen atoms in total. The van der Waals surface area contributed by atoms with E-state index in [1.165, 1.54) is 0 Å². The Morgan fingerprint density at radius 1 is 1.46 bits per heavy atom. The normalized spacial score (nSPS) is 26.7. The maximum Gasteiger partial charge on any atom is 0.223 e. The third-order valence-electron chi connectivity index (χ3n) is 3.07.